The molecule has 0 aromatic heterocycles. The lowest BCUT2D eigenvalue weighted by atomic mass is 10.1. The van der Waals surface area contributed by atoms with Gasteiger partial charge < -0.3 is 14.8 Å². The van der Waals surface area contributed by atoms with Gasteiger partial charge in [-0.15, -0.1) is 0 Å². The summed E-state index contributed by atoms with van der Waals surface area (Å²) in [7, 11) is 0. The minimum absolute atomic E-state index is 0.0529. The Morgan fingerprint density at radius 2 is 1.68 bits per heavy atom. The van der Waals surface area contributed by atoms with E-state index >= 15 is 0 Å². The molecular formula is C24H28N4O3. The van der Waals surface area contributed by atoms with Crippen LogP contribution < -0.4 is 14.8 Å². The number of rotatable bonds is 5. The molecule has 0 spiro atoms. The highest BCUT2D eigenvalue weighted by Crippen LogP contribution is 2.32. The molecule has 7 heteroatoms. The lowest BCUT2D eigenvalue weighted by Crippen LogP contribution is -2.53. The van der Waals surface area contributed by atoms with Gasteiger partial charge in [-0.2, -0.15) is 5.26 Å². The highest BCUT2D eigenvalue weighted by molar-refractivity contribution is 5.94. The van der Waals surface area contributed by atoms with Crippen molar-refractivity contribution in [3.8, 4) is 17.6 Å². The first-order valence-corrected chi connectivity index (χ1v) is 10.8. The Hall–Kier alpha value is -3.08. The Kier molecular flexibility index (Phi) is 6.70. The first-order valence-electron chi connectivity index (χ1n) is 10.8. The van der Waals surface area contributed by atoms with Crippen molar-refractivity contribution in [2.24, 2.45) is 0 Å². The van der Waals surface area contributed by atoms with Crippen molar-refractivity contribution in [1.82, 2.24) is 9.80 Å². The summed E-state index contributed by atoms with van der Waals surface area (Å²) in [5.41, 5.74) is 1.71. The number of nitriles is 1. The molecule has 2 aromatic rings. The minimum Gasteiger partial charge on any atom is -0.490 e. The van der Waals surface area contributed by atoms with Crippen LogP contribution in [0.15, 0.2) is 48.5 Å². The summed E-state index contributed by atoms with van der Waals surface area (Å²) in [6, 6.07) is 17.3. The van der Waals surface area contributed by atoms with Crippen molar-refractivity contribution >= 4 is 11.6 Å². The Labute approximate surface area is 183 Å². The van der Waals surface area contributed by atoms with Gasteiger partial charge in [-0.05, 0) is 24.6 Å². The van der Waals surface area contributed by atoms with E-state index in [1.54, 1.807) is 0 Å². The molecule has 2 atom stereocenters. The number of carbonyl (C=O) groups excluding carboxylic acids is 1. The van der Waals surface area contributed by atoms with Crippen LogP contribution in [0.25, 0.3) is 0 Å². The Morgan fingerprint density at radius 1 is 1.00 bits per heavy atom. The van der Waals surface area contributed by atoms with Crippen molar-refractivity contribution in [1.29, 1.82) is 5.26 Å². The van der Waals surface area contributed by atoms with Crippen LogP contribution in [0.1, 0.15) is 24.9 Å². The second-order valence-corrected chi connectivity index (χ2v) is 7.89. The van der Waals surface area contributed by atoms with Crippen molar-refractivity contribution in [3.05, 3.63) is 54.1 Å². The summed E-state index contributed by atoms with van der Waals surface area (Å²) in [6.45, 7) is 6.13. The van der Waals surface area contributed by atoms with Crippen LogP contribution in [0.3, 0.4) is 0 Å². The van der Waals surface area contributed by atoms with Crippen LogP contribution in [-0.4, -0.2) is 61.1 Å². The zero-order valence-electron chi connectivity index (χ0n) is 17.8. The normalized spacial score (nSPS) is 19.0. The van der Waals surface area contributed by atoms with E-state index in [-0.39, 0.29) is 18.0 Å². The molecule has 1 amide bonds. The zero-order valence-corrected chi connectivity index (χ0v) is 17.8. The monoisotopic (exact) mass is 420 g/mol. The maximum atomic E-state index is 12.8. The van der Waals surface area contributed by atoms with E-state index in [0.29, 0.717) is 30.4 Å². The number of fused-ring (bicyclic) bond motifs is 1. The summed E-state index contributed by atoms with van der Waals surface area (Å²) < 4.78 is 11.4. The lowest BCUT2D eigenvalue weighted by molar-refractivity contribution is -0.121. The average molecular weight is 421 g/mol. The van der Waals surface area contributed by atoms with Gasteiger partial charge in [-0.3, -0.25) is 14.6 Å². The molecule has 1 fully saturated rings. The number of piperazine rings is 1. The molecule has 0 saturated carbocycles. The third-order valence-electron chi connectivity index (χ3n) is 5.89. The molecule has 2 aromatic carbocycles. The molecular weight excluding hydrogens is 392 g/mol. The molecule has 7 nitrogen and oxygen atoms in total. The van der Waals surface area contributed by atoms with Crippen LogP contribution >= 0.6 is 0 Å². The number of amides is 1. The van der Waals surface area contributed by atoms with E-state index in [2.05, 4.69) is 21.2 Å². The van der Waals surface area contributed by atoms with Gasteiger partial charge in [0.05, 0.1) is 25.3 Å². The lowest BCUT2D eigenvalue weighted by Gasteiger charge is -2.39. The van der Waals surface area contributed by atoms with E-state index in [1.165, 1.54) is 0 Å². The molecule has 2 aliphatic heterocycles. The SMILES string of the molecule is CC(C(=O)Nc1ccc2c(c1)OCCCO2)N1CCN(C(C#N)c2ccccc2)CC1. The largest absolute Gasteiger partial charge is 0.490 e. The van der Waals surface area contributed by atoms with E-state index in [0.717, 1.165) is 38.2 Å². The molecule has 0 radical (unpaired) electrons. The number of benzene rings is 2. The van der Waals surface area contributed by atoms with Crippen molar-refractivity contribution < 1.29 is 14.3 Å². The summed E-state index contributed by atoms with van der Waals surface area (Å²) >= 11 is 0. The minimum atomic E-state index is -0.268. The molecule has 0 bridgehead atoms. The average Bonchev–Trinajstić information content (AvgIpc) is 3.05. The fraction of sp³-hybridized carbons (Fsp3) is 0.417. The predicted octanol–water partition coefficient (Wildman–Crippen LogP) is 3.06. The molecule has 2 heterocycles. The Balaban J connectivity index is 1.33. The van der Waals surface area contributed by atoms with Crippen molar-refractivity contribution in [2.75, 3.05) is 44.7 Å². The standard InChI is InChI=1S/C24H28N4O3/c1-18(24(29)26-20-8-9-22-23(16-20)31-15-5-14-30-22)27-10-12-28(13-11-27)21(17-25)19-6-3-2-4-7-19/h2-4,6-9,16,18,21H,5,10-15H2,1H3,(H,26,29). The second kappa shape index (κ2) is 9.82. The summed E-state index contributed by atoms with van der Waals surface area (Å²) in [5.74, 6) is 1.33. The third-order valence-corrected chi connectivity index (χ3v) is 5.89. The molecule has 162 valence electrons. The molecule has 31 heavy (non-hydrogen) atoms. The maximum absolute atomic E-state index is 12.8. The molecule has 1 saturated heterocycles. The fourth-order valence-corrected chi connectivity index (χ4v) is 4.04. The highest BCUT2D eigenvalue weighted by atomic mass is 16.5. The maximum Gasteiger partial charge on any atom is 0.241 e. The molecule has 2 unspecified atom stereocenters. The topological polar surface area (TPSA) is 77.8 Å². The van der Waals surface area contributed by atoms with Crippen LogP contribution in [0.5, 0.6) is 11.5 Å². The fourth-order valence-electron chi connectivity index (χ4n) is 4.04. The van der Waals surface area contributed by atoms with Crippen molar-refractivity contribution in [3.63, 3.8) is 0 Å². The summed E-state index contributed by atoms with van der Waals surface area (Å²) in [5, 5.41) is 12.7. The smallest absolute Gasteiger partial charge is 0.241 e. The van der Waals surface area contributed by atoms with E-state index in [1.807, 2.05) is 55.5 Å². The summed E-state index contributed by atoms with van der Waals surface area (Å²) in [6.07, 6.45) is 0.844. The number of nitrogens with one attached hydrogen (secondary N) is 1. The van der Waals surface area contributed by atoms with Crippen molar-refractivity contribution in [2.45, 2.75) is 25.4 Å². The third kappa shape index (κ3) is 4.98. The van der Waals surface area contributed by atoms with Gasteiger partial charge in [0.25, 0.3) is 0 Å². The Bertz CT molecular complexity index is 936. The van der Waals surface area contributed by atoms with Gasteiger partial charge in [0.2, 0.25) is 5.91 Å². The van der Waals surface area contributed by atoms with Gasteiger partial charge in [0.15, 0.2) is 11.5 Å². The molecule has 0 aliphatic carbocycles. The van der Waals surface area contributed by atoms with E-state index in [9.17, 15) is 10.1 Å². The Morgan fingerprint density at radius 3 is 2.39 bits per heavy atom. The summed E-state index contributed by atoms with van der Waals surface area (Å²) in [4.78, 5) is 17.2. The first kappa shape index (κ1) is 21.2. The second-order valence-electron chi connectivity index (χ2n) is 7.89. The molecule has 4 rings (SSSR count). The van der Waals surface area contributed by atoms with Gasteiger partial charge >= 0.3 is 0 Å². The van der Waals surface area contributed by atoms with Gasteiger partial charge in [-0.25, -0.2) is 0 Å². The van der Waals surface area contributed by atoms with Crippen LogP contribution in [0, 0.1) is 11.3 Å². The molecule has 1 N–H and O–H groups in total. The number of nitrogens with zero attached hydrogens (tertiary/aromatic N) is 3. The number of carbonyl (C=O) groups is 1. The number of hydrogen-bond acceptors (Lipinski definition) is 6. The van der Waals surface area contributed by atoms with E-state index in [4.69, 9.17) is 9.47 Å². The first-order chi connectivity index (χ1) is 15.2. The van der Waals surface area contributed by atoms with Gasteiger partial charge in [0.1, 0.15) is 6.04 Å². The van der Waals surface area contributed by atoms with Gasteiger partial charge in [-0.1, -0.05) is 30.3 Å². The van der Waals surface area contributed by atoms with E-state index < -0.39 is 0 Å². The van der Waals surface area contributed by atoms with Crippen LogP contribution in [0.2, 0.25) is 0 Å². The number of hydrogen-bond donors (Lipinski definition) is 1. The number of ether oxygens (including phenoxy) is 2. The van der Waals surface area contributed by atoms with Crippen LogP contribution in [-0.2, 0) is 4.79 Å². The molecule has 2 aliphatic rings. The zero-order chi connectivity index (χ0) is 21.6. The predicted molar refractivity (Wildman–Crippen MR) is 118 cm³/mol. The quantitative estimate of drug-likeness (QED) is 0.801. The van der Waals surface area contributed by atoms with Gasteiger partial charge in [0, 0.05) is 44.4 Å². The number of anilines is 1. The highest BCUT2D eigenvalue weighted by Gasteiger charge is 2.29. The van der Waals surface area contributed by atoms with Crippen LogP contribution in [0.4, 0.5) is 5.69 Å².